The summed E-state index contributed by atoms with van der Waals surface area (Å²) in [7, 11) is 3.74. The Balaban J connectivity index is 2.51. The van der Waals surface area contributed by atoms with Gasteiger partial charge in [0.05, 0.1) is 5.25 Å². The number of thioether (sulfide) groups is 1. The van der Waals surface area contributed by atoms with Crippen molar-refractivity contribution in [1.29, 1.82) is 0 Å². The van der Waals surface area contributed by atoms with Crippen LogP contribution in [0.5, 0.6) is 0 Å². The molecule has 0 aliphatic carbocycles. The number of benzene rings is 1. The number of hydrogen-bond acceptors (Lipinski definition) is 3. The minimum absolute atomic E-state index is 0.0467. The normalized spacial score (nSPS) is 12.2. The van der Waals surface area contributed by atoms with E-state index >= 15 is 0 Å². The fourth-order valence-electron chi connectivity index (χ4n) is 1.57. The van der Waals surface area contributed by atoms with Crippen LogP contribution in [0.25, 0.3) is 0 Å². The second-order valence-electron chi connectivity index (χ2n) is 4.44. The number of amides is 1. The van der Waals surface area contributed by atoms with Crippen molar-refractivity contribution in [1.82, 2.24) is 10.2 Å². The smallest absolute Gasteiger partial charge is 0.235 e. The van der Waals surface area contributed by atoms with Crippen molar-refractivity contribution < 1.29 is 4.79 Å². The summed E-state index contributed by atoms with van der Waals surface area (Å²) in [6.07, 6.45) is 0. The molecule has 0 radical (unpaired) electrons. The molecule has 100 valence electrons. The average Bonchev–Trinajstić information content (AvgIpc) is 2.37. The molecule has 3 nitrogen and oxygen atoms in total. The van der Waals surface area contributed by atoms with Crippen LogP contribution >= 0.6 is 11.8 Å². The van der Waals surface area contributed by atoms with Crippen molar-refractivity contribution >= 4 is 17.7 Å². The first kappa shape index (κ1) is 15.1. The molecule has 4 heteroatoms. The topological polar surface area (TPSA) is 32.3 Å². The number of rotatable bonds is 6. The van der Waals surface area contributed by atoms with Gasteiger partial charge in [0.1, 0.15) is 0 Å². The van der Waals surface area contributed by atoms with E-state index in [-0.39, 0.29) is 11.2 Å². The molecule has 1 rings (SSSR count). The van der Waals surface area contributed by atoms with Crippen LogP contribution in [0.1, 0.15) is 12.5 Å². The number of likely N-dealkylation sites (N-methyl/N-ethyl adjacent to an activating group) is 2. The Morgan fingerprint density at radius 3 is 2.56 bits per heavy atom. The lowest BCUT2D eigenvalue weighted by Crippen LogP contribution is -2.37. The Hall–Kier alpha value is -1.00. The summed E-state index contributed by atoms with van der Waals surface area (Å²) in [6.45, 7) is 5.59. The molecule has 0 saturated carbocycles. The molecule has 0 aromatic heterocycles. The minimum atomic E-state index is -0.0467. The van der Waals surface area contributed by atoms with E-state index in [1.54, 1.807) is 16.7 Å². The SMILES string of the molecule is CNCCN(C)C(=O)C(C)Sc1ccc(C)cc1. The minimum Gasteiger partial charge on any atom is -0.344 e. The molecular formula is C14H22N2OS. The quantitative estimate of drug-likeness (QED) is 0.801. The maximum Gasteiger partial charge on any atom is 0.235 e. The van der Waals surface area contributed by atoms with E-state index < -0.39 is 0 Å². The van der Waals surface area contributed by atoms with E-state index in [4.69, 9.17) is 0 Å². The van der Waals surface area contributed by atoms with E-state index in [2.05, 4.69) is 36.5 Å². The Morgan fingerprint density at radius 1 is 1.39 bits per heavy atom. The number of hydrogen-bond donors (Lipinski definition) is 1. The molecular weight excluding hydrogens is 244 g/mol. The number of carbonyl (C=O) groups excluding carboxylic acids is 1. The van der Waals surface area contributed by atoms with E-state index in [1.165, 1.54) is 5.56 Å². The molecule has 1 atom stereocenters. The summed E-state index contributed by atoms with van der Waals surface area (Å²) in [5.41, 5.74) is 1.24. The molecule has 1 aromatic carbocycles. The summed E-state index contributed by atoms with van der Waals surface area (Å²) in [5, 5.41) is 3.00. The summed E-state index contributed by atoms with van der Waals surface area (Å²) in [4.78, 5) is 15.0. The zero-order chi connectivity index (χ0) is 13.5. The van der Waals surface area contributed by atoms with Gasteiger partial charge in [-0.1, -0.05) is 17.7 Å². The molecule has 0 heterocycles. The molecule has 0 aliphatic heterocycles. The third kappa shape index (κ3) is 4.70. The summed E-state index contributed by atoms with van der Waals surface area (Å²) >= 11 is 1.61. The van der Waals surface area contributed by atoms with Gasteiger partial charge in [-0.15, -0.1) is 11.8 Å². The predicted octanol–water partition coefficient (Wildman–Crippen LogP) is 2.15. The molecule has 1 unspecified atom stereocenters. The first-order valence-corrected chi connectivity index (χ1v) is 7.05. The highest BCUT2D eigenvalue weighted by atomic mass is 32.2. The lowest BCUT2D eigenvalue weighted by Gasteiger charge is -2.21. The van der Waals surface area contributed by atoms with Gasteiger partial charge in [-0.05, 0) is 33.0 Å². The number of carbonyl (C=O) groups is 1. The predicted molar refractivity (Wildman–Crippen MR) is 78.1 cm³/mol. The highest BCUT2D eigenvalue weighted by molar-refractivity contribution is 8.00. The Kier molecular flexibility index (Phi) is 6.22. The van der Waals surface area contributed by atoms with Crippen LogP contribution in [0.2, 0.25) is 0 Å². The van der Waals surface area contributed by atoms with Crippen molar-refractivity contribution in [2.24, 2.45) is 0 Å². The van der Waals surface area contributed by atoms with E-state index in [1.807, 2.05) is 21.0 Å². The molecule has 18 heavy (non-hydrogen) atoms. The molecule has 1 amide bonds. The van der Waals surface area contributed by atoms with Crippen LogP contribution in [0.3, 0.4) is 0 Å². The molecule has 0 bridgehead atoms. The van der Waals surface area contributed by atoms with Gasteiger partial charge in [0, 0.05) is 25.0 Å². The third-order valence-electron chi connectivity index (χ3n) is 2.76. The second kappa shape index (κ2) is 7.44. The van der Waals surface area contributed by atoms with Crippen LogP contribution in [0.15, 0.2) is 29.2 Å². The lowest BCUT2D eigenvalue weighted by molar-refractivity contribution is -0.128. The van der Waals surface area contributed by atoms with Gasteiger partial charge in [0.15, 0.2) is 0 Å². The third-order valence-corrected chi connectivity index (χ3v) is 3.85. The fraction of sp³-hybridized carbons (Fsp3) is 0.500. The van der Waals surface area contributed by atoms with Gasteiger partial charge in [0.25, 0.3) is 0 Å². The Labute approximate surface area is 114 Å². The highest BCUT2D eigenvalue weighted by Gasteiger charge is 2.17. The van der Waals surface area contributed by atoms with Crippen LogP contribution in [-0.2, 0) is 4.79 Å². The molecule has 0 saturated heterocycles. The molecule has 0 fully saturated rings. The number of aryl methyl sites for hydroxylation is 1. The van der Waals surface area contributed by atoms with Crippen LogP contribution in [0.4, 0.5) is 0 Å². The van der Waals surface area contributed by atoms with Crippen molar-refractivity contribution in [3.8, 4) is 0 Å². The van der Waals surface area contributed by atoms with Crippen LogP contribution in [-0.4, -0.2) is 43.2 Å². The van der Waals surface area contributed by atoms with Gasteiger partial charge in [-0.25, -0.2) is 0 Å². The first-order valence-electron chi connectivity index (χ1n) is 6.17. The maximum absolute atomic E-state index is 12.1. The average molecular weight is 266 g/mol. The van der Waals surface area contributed by atoms with Crippen LogP contribution < -0.4 is 5.32 Å². The Bertz CT molecular complexity index is 378. The fourth-order valence-corrected chi connectivity index (χ4v) is 2.55. The molecule has 0 spiro atoms. The van der Waals surface area contributed by atoms with Gasteiger partial charge in [0.2, 0.25) is 5.91 Å². The van der Waals surface area contributed by atoms with Crippen molar-refractivity contribution in [2.75, 3.05) is 27.2 Å². The summed E-state index contributed by atoms with van der Waals surface area (Å²) in [6, 6.07) is 8.28. The lowest BCUT2D eigenvalue weighted by atomic mass is 10.2. The van der Waals surface area contributed by atoms with Crippen molar-refractivity contribution in [2.45, 2.75) is 24.0 Å². The zero-order valence-corrected chi connectivity index (χ0v) is 12.4. The maximum atomic E-state index is 12.1. The van der Waals surface area contributed by atoms with Gasteiger partial charge in [-0.2, -0.15) is 0 Å². The largest absolute Gasteiger partial charge is 0.344 e. The van der Waals surface area contributed by atoms with Crippen molar-refractivity contribution in [3.05, 3.63) is 29.8 Å². The van der Waals surface area contributed by atoms with Gasteiger partial charge < -0.3 is 10.2 Å². The first-order chi connectivity index (χ1) is 8.54. The van der Waals surface area contributed by atoms with Gasteiger partial charge in [-0.3, -0.25) is 4.79 Å². The summed E-state index contributed by atoms with van der Waals surface area (Å²) in [5.74, 6) is 0.177. The zero-order valence-electron chi connectivity index (χ0n) is 11.6. The molecule has 1 aromatic rings. The van der Waals surface area contributed by atoms with Crippen LogP contribution in [0, 0.1) is 6.92 Å². The Morgan fingerprint density at radius 2 is 2.00 bits per heavy atom. The molecule has 0 aliphatic rings. The summed E-state index contributed by atoms with van der Waals surface area (Å²) < 4.78 is 0. The van der Waals surface area contributed by atoms with E-state index in [0.717, 1.165) is 18.0 Å². The molecule has 1 N–H and O–H groups in total. The van der Waals surface area contributed by atoms with Crippen molar-refractivity contribution in [3.63, 3.8) is 0 Å². The highest BCUT2D eigenvalue weighted by Crippen LogP contribution is 2.24. The standard InChI is InChI=1S/C14H22N2OS/c1-11-5-7-13(8-6-11)18-12(2)14(17)16(4)10-9-15-3/h5-8,12,15H,9-10H2,1-4H3. The number of nitrogens with zero attached hydrogens (tertiary/aromatic N) is 1. The second-order valence-corrected chi connectivity index (χ2v) is 5.85. The number of nitrogens with one attached hydrogen (secondary N) is 1. The monoisotopic (exact) mass is 266 g/mol. The van der Waals surface area contributed by atoms with Gasteiger partial charge >= 0.3 is 0 Å². The van der Waals surface area contributed by atoms with E-state index in [0.29, 0.717) is 0 Å². The van der Waals surface area contributed by atoms with E-state index in [9.17, 15) is 4.79 Å².